The molecule has 0 saturated heterocycles. The molecule has 1 aromatic rings. The second-order valence-electron chi connectivity index (χ2n) is 5.03. The SMILES string of the molecule is CCOc1ccc(C(NC)C(OCC)C2CC2)cc1. The van der Waals surface area contributed by atoms with Crippen molar-refractivity contribution in [3.05, 3.63) is 29.8 Å². The molecule has 1 aromatic carbocycles. The highest BCUT2D eigenvalue weighted by molar-refractivity contribution is 5.30. The Morgan fingerprint density at radius 2 is 1.84 bits per heavy atom. The van der Waals surface area contributed by atoms with Crippen LogP contribution in [0.3, 0.4) is 0 Å². The maximum Gasteiger partial charge on any atom is 0.119 e. The maximum atomic E-state index is 5.96. The van der Waals surface area contributed by atoms with Crippen LogP contribution in [0.4, 0.5) is 0 Å². The summed E-state index contributed by atoms with van der Waals surface area (Å²) in [6.07, 6.45) is 2.87. The molecule has 19 heavy (non-hydrogen) atoms. The van der Waals surface area contributed by atoms with E-state index in [1.165, 1.54) is 18.4 Å². The predicted octanol–water partition coefficient (Wildman–Crippen LogP) is 3.16. The molecule has 1 aliphatic rings. The largest absolute Gasteiger partial charge is 0.494 e. The molecule has 0 aliphatic heterocycles. The molecule has 0 spiro atoms. The van der Waals surface area contributed by atoms with Crippen molar-refractivity contribution in [1.29, 1.82) is 0 Å². The molecule has 1 saturated carbocycles. The molecule has 3 nitrogen and oxygen atoms in total. The summed E-state index contributed by atoms with van der Waals surface area (Å²) in [4.78, 5) is 0. The van der Waals surface area contributed by atoms with Crippen LogP contribution in [0.15, 0.2) is 24.3 Å². The summed E-state index contributed by atoms with van der Waals surface area (Å²) >= 11 is 0. The van der Waals surface area contributed by atoms with Crippen molar-refractivity contribution in [2.45, 2.75) is 38.8 Å². The van der Waals surface area contributed by atoms with Crippen LogP contribution >= 0.6 is 0 Å². The maximum absolute atomic E-state index is 5.96. The van der Waals surface area contributed by atoms with E-state index in [9.17, 15) is 0 Å². The fraction of sp³-hybridized carbons (Fsp3) is 0.625. The summed E-state index contributed by atoms with van der Waals surface area (Å²) < 4.78 is 11.4. The van der Waals surface area contributed by atoms with Gasteiger partial charge in [-0.1, -0.05) is 12.1 Å². The van der Waals surface area contributed by atoms with E-state index < -0.39 is 0 Å². The Morgan fingerprint density at radius 3 is 2.32 bits per heavy atom. The van der Waals surface area contributed by atoms with Crippen molar-refractivity contribution in [3.63, 3.8) is 0 Å². The normalized spacial score (nSPS) is 18.1. The zero-order valence-electron chi connectivity index (χ0n) is 12.2. The number of likely N-dealkylation sites (N-methyl/N-ethyl adjacent to an activating group) is 1. The first-order valence-electron chi connectivity index (χ1n) is 7.31. The number of hydrogen-bond acceptors (Lipinski definition) is 3. The van der Waals surface area contributed by atoms with Gasteiger partial charge in [0, 0.05) is 6.61 Å². The van der Waals surface area contributed by atoms with Crippen molar-refractivity contribution in [3.8, 4) is 5.75 Å². The average Bonchev–Trinajstić information content (AvgIpc) is 3.25. The van der Waals surface area contributed by atoms with E-state index in [1.54, 1.807) is 0 Å². The molecule has 106 valence electrons. The minimum absolute atomic E-state index is 0.267. The quantitative estimate of drug-likeness (QED) is 0.781. The Hall–Kier alpha value is -1.06. The van der Waals surface area contributed by atoms with Crippen LogP contribution < -0.4 is 10.1 Å². The minimum atomic E-state index is 0.267. The first-order valence-corrected chi connectivity index (χ1v) is 7.31. The van der Waals surface area contributed by atoms with Gasteiger partial charge in [-0.3, -0.25) is 0 Å². The van der Waals surface area contributed by atoms with Gasteiger partial charge in [0.15, 0.2) is 0 Å². The van der Waals surface area contributed by atoms with Gasteiger partial charge in [0.1, 0.15) is 5.75 Å². The van der Waals surface area contributed by atoms with Gasteiger partial charge in [-0.2, -0.15) is 0 Å². The minimum Gasteiger partial charge on any atom is -0.494 e. The van der Waals surface area contributed by atoms with Crippen LogP contribution in [0, 0.1) is 5.92 Å². The topological polar surface area (TPSA) is 30.5 Å². The lowest BCUT2D eigenvalue weighted by atomic mass is 9.98. The number of benzene rings is 1. The van der Waals surface area contributed by atoms with Gasteiger partial charge < -0.3 is 14.8 Å². The molecular formula is C16H25NO2. The van der Waals surface area contributed by atoms with Crippen LogP contribution in [0.5, 0.6) is 5.75 Å². The summed E-state index contributed by atoms with van der Waals surface area (Å²) in [5.74, 6) is 1.64. The van der Waals surface area contributed by atoms with Gasteiger partial charge in [-0.05, 0) is 57.4 Å². The zero-order chi connectivity index (χ0) is 13.7. The molecule has 1 N–H and O–H groups in total. The third-order valence-corrected chi connectivity index (χ3v) is 3.64. The van der Waals surface area contributed by atoms with Crippen LogP contribution in [0.1, 0.15) is 38.3 Å². The molecule has 2 atom stereocenters. The van der Waals surface area contributed by atoms with Crippen molar-refractivity contribution < 1.29 is 9.47 Å². The Bertz CT molecular complexity index is 373. The molecular weight excluding hydrogens is 238 g/mol. The molecule has 0 heterocycles. The highest BCUT2D eigenvalue weighted by Gasteiger charge is 2.37. The Morgan fingerprint density at radius 1 is 1.16 bits per heavy atom. The zero-order valence-corrected chi connectivity index (χ0v) is 12.2. The molecule has 1 fully saturated rings. The van der Waals surface area contributed by atoms with Gasteiger partial charge in [0.05, 0.1) is 18.8 Å². The molecule has 3 heteroatoms. The fourth-order valence-corrected chi connectivity index (χ4v) is 2.58. The fourth-order valence-electron chi connectivity index (χ4n) is 2.58. The smallest absolute Gasteiger partial charge is 0.119 e. The van der Waals surface area contributed by atoms with E-state index in [1.807, 2.05) is 26.1 Å². The lowest BCUT2D eigenvalue weighted by Gasteiger charge is -2.27. The van der Waals surface area contributed by atoms with Crippen molar-refractivity contribution in [2.24, 2.45) is 5.92 Å². The summed E-state index contributed by atoms with van der Waals surface area (Å²) in [5, 5.41) is 3.41. The van der Waals surface area contributed by atoms with Gasteiger partial charge in [0.2, 0.25) is 0 Å². The predicted molar refractivity (Wildman–Crippen MR) is 77.5 cm³/mol. The van der Waals surface area contributed by atoms with Gasteiger partial charge in [-0.25, -0.2) is 0 Å². The molecule has 0 radical (unpaired) electrons. The first-order chi connectivity index (χ1) is 9.30. The summed E-state index contributed by atoms with van der Waals surface area (Å²) in [6, 6.07) is 8.63. The number of nitrogens with one attached hydrogen (secondary N) is 1. The molecule has 0 amide bonds. The van der Waals surface area contributed by atoms with Crippen LogP contribution in [-0.2, 0) is 4.74 Å². The molecule has 2 rings (SSSR count). The summed E-state index contributed by atoms with van der Waals surface area (Å²) in [6.45, 7) is 5.55. The standard InChI is InChI=1S/C16H25NO2/c1-4-18-14-10-8-12(9-11-14)15(17-3)16(19-5-2)13-6-7-13/h8-11,13,15-17H,4-7H2,1-3H3. The first kappa shape index (κ1) is 14.4. The van der Waals surface area contributed by atoms with Crippen LogP contribution in [-0.4, -0.2) is 26.4 Å². The Labute approximate surface area is 116 Å². The number of hydrogen-bond donors (Lipinski definition) is 1. The Kier molecular flexibility index (Phi) is 5.23. The van der Waals surface area contributed by atoms with E-state index in [-0.39, 0.29) is 12.1 Å². The number of ether oxygens (including phenoxy) is 2. The van der Waals surface area contributed by atoms with Gasteiger partial charge in [0.25, 0.3) is 0 Å². The lowest BCUT2D eigenvalue weighted by Crippen LogP contribution is -2.33. The lowest BCUT2D eigenvalue weighted by molar-refractivity contribution is 0.0204. The summed E-state index contributed by atoms with van der Waals surface area (Å²) in [7, 11) is 2.01. The van der Waals surface area contributed by atoms with E-state index in [0.29, 0.717) is 12.5 Å². The van der Waals surface area contributed by atoms with Crippen LogP contribution in [0.25, 0.3) is 0 Å². The second-order valence-corrected chi connectivity index (χ2v) is 5.03. The van der Waals surface area contributed by atoms with Gasteiger partial charge >= 0.3 is 0 Å². The third kappa shape index (κ3) is 3.71. The van der Waals surface area contributed by atoms with E-state index in [4.69, 9.17) is 9.47 Å². The van der Waals surface area contributed by atoms with Crippen LogP contribution in [0.2, 0.25) is 0 Å². The Balaban J connectivity index is 2.10. The summed E-state index contributed by atoms with van der Waals surface area (Å²) in [5.41, 5.74) is 1.27. The van der Waals surface area contributed by atoms with E-state index in [2.05, 4.69) is 24.4 Å². The van der Waals surface area contributed by atoms with E-state index in [0.717, 1.165) is 12.4 Å². The van der Waals surface area contributed by atoms with Gasteiger partial charge in [-0.15, -0.1) is 0 Å². The van der Waals surface area contributed by atoms with Crippen molar-refractivity contribution in [2.75, 3.05) is 20.3 Å². The van der Waals surface area contributed by atoms with Crippen molar-refractivity contribution in [1.82, 2.24) is 5.32 Å². The highest BCUT2D eigenvalue weighted by atomic mass is 16.5. The molecule has 0 bridgehead atoms. The molecule has 0 aromatic heterocycles. The van der Waals surface area contributed by atoms with Crippen molar-refractivity contribution >= 4 is 0 Å². The third-order valence-electron chi connectivity index (χ3n) is 3.64. The monoisotopic (exact) mass is 263 g/mol. The highest BCUT2D eigenvalue weighted by Crippen LogP contribution is 2.40. The molecule has 1 aliphatic carbocycles. The number of rotatable bonds is 8. The van der Waals surface area contributed by atoms with E-state index >= 15 is 0 Å². The average molecular weight is 263 g/mol. The molecule has 2 unspecified atom stereocenters. The second kappa shape index (κ2) is 6.92.